The predicted octanol–water partition coefficient (Wildman–Crippen LogP) is 3.87. The summed E-state index contributed by atoms with van der Waals surface area (Å²) < 4.78 is 5.59. The number of carbonyl (C=O) groups excluding carboxylic acids is 2. The highest BCUT2D eigenvalue weighted by Crippen LogP contribution is 2.51. The molecule has 7 nitrogen and oxygen atoms in total. The Morgan fingerprint density at radius 1 is 1.06 bits per heavy atom. The fourth-order valence-electron chi connectivity index (χ4n) is 5.74. The summed E-state index contributed by atoms with van der Waals surface area (Å²) in [7, 11) is 0. The van der Waals surface area contributed by atoms with Crippen molar-refractivity contribution in [3.8, 4) is 11.1 Å². The predicted molar refractivity (Wildman–Crippen MR) is 126 cm³/mol. The Morgan fingerprint density at radius 3 is 2.35 bits per heavy atom. The number of benzene rings is 2. The summed E-state index contributed by atoms with van der Waals surface area (Å²) in [5.74, 6) is -0.662. The molecule has 2 amide bonds. The van der Waals surface area contributed by atoms with Crippen LogP contribution in [0.15, 0.2) is 48.5 Å². The van der Waals surface area contributed by atoms with Gasteiger partial charge in [0, 0.05) is 31.5 Å². The number of nitrogens with zero attached hydrogens (tertiary/aromatic N) is 1. The number of rotatable bonds is 7. The zero-order valence-electron chi connectivity index (χ0n) is 19.3. The second-order valence-electron chi connectivity index (χ2n) is 9.73. The van der Waals surface area contributed by atoms with Gasteiger partial charge in [0.2, 0.25) is 5.91 Å². The molecule has 2 aromatic rings. The number of carboxylic acids is 1. The van der Waals surface area contributed by atoms with Gasteiger partial charge in [-0.05, 0) is 53.9 Å². The second-order valence-corrected chi connectivity index (χ2v) is 9.73. The first kappa shape index (κ1) is 22.4. The van der Waals surface area contributed by atoms with E-state index in [0.717, 1.165) is 6.42 Å². The summed E-state index contributed by atoms with van der Waals surface area (Å²) in [6, 6.07) is 16.2. The van der Waals surface area contributed by atoms with Gasteiger partial charge in [-0.2, -0.15) is 0 Å². The molecule has 7 heteroatoms. The highest BCUT2D eigenvalue weighted by atomic mass is 16.5. The number of amides is 2. The Labute approximate surface area is 199 Å². The fourth-order valence-corrected chi connectivity index (χ4v) is 5.74. The number of hydrogen-bond acceptors (Lipinski definition) is 4. The lowest BCUT2D eigenvalue weighted by atomic mass is 9.98. The third-order valence-electron chi connectivity index (χ3n) is 7.63. The van der Waals surface area contributed by atoms with E-state index < -0.39 is 12.1 Å². The molecule has 3 aliphatic rings. The minimum atomic E-state index is -0.745. The number of carboxylic acid groups (broad SMARTS) is 1. The zero-order chi connectivity index (χ0) is 23.8. The molecule has 2 unspecified atom stereocenters. The molecule has 2 aliphatic carbocycles. The van der Waals surface area contributed by atoms with Crippen LogP contribution in [0.25, 0.3) is 11.1 Å². The quantitative estimate of drug-likeness (QED) is 0.651. The van der Waals surface area contributed by atoms with Crippen molar-refractivity contribution in [3.63, 3.8) is 0 Å². The van der Waals surface area contributed by atoms with E-state index in [9.17, 15) is 19.5 Å². The average Bonchev–Trinajstić information content (AvgIpc) is 3.48. The Hall–Kier alpha value is -3.35. The van der Waals surface area contributed by atoms with Crippen molar-refractivity contribution in [3.05, 3.63) is 59.7 Å². The molecule has 0 spiro atoms. The summed E-state index contributed by atoms with van der Waals surface area (Å²) in [5, 5.41) is 12.1. The van der Waals surface area contributed by atoms with Crippen LogP contribution in [0.4, 0.5) is 4.79 Å². The number of carbonyl (C=O) groups is 3. The van der Waals surface area contributed by atoms with Gasteiger partial charge < -0.3 is 20.1 Å². The molecule has 2 aromatic carbocycles. The summed E-state index contributed by atoms with van der Waals surface area (Å²) in [4.78, 5) is 38.0. The largest absolute Gasteiger partial charge is 0.481 e. The lowest BCUT2D eigenvalue weighted by Gasteiger charge is -2.26. The summed E-state index contributed by atoms with van der Waals surface area (Å²) in [6.45, 7) is 3.28. The van der Waals surface area contributed by atoms with E-state index in [-0.39, 0.29) is 42.2 Å². The molecule has 178 valence electrons. The summed E-state index contributed by atoms with van der Waals surface area (Å²) in [6.07, 6.45) is 1.11. The topological polar surface area (TPSA) is 95.9 Å². The van der Waals surface area contributed by atoms with E-state index in [2.05, 4.69) is 29.6 Å². The van der Waals surface area contributed by atoms with Crippen LogP contribution in [0.5, 0.6) is 0 Å². The van der Waals surface area contributed by atoms with E-state index >= 15 is 0 Å². The van der Waals surface area contributed by atoms with Gasteiger partial charge in [0.1, 0.15) is 6.61 Å². The van der Waals surface area contributed by atoms with Gasteiger partial charge in [0.05, 0.1) is 5.92 Å². The number of aliphatic carboxylic acids is 1. The average molecular weight is 463 g/mol. The van der Waals surface area contributed by atoms with Crippen LogP contribution in [-0.4, -0.2) is 53.7 Å². The Bertz CT molecular complexity index is 1070. The number of piperidine rings is 1. The molecule has 0 radical (unpaired) electrons. The van der Waals surface area contributed by atoms with E-state index in [1.54, 1.807) is 4.90 Å². The summed E-state index contributed by atoms with van der Waals surface area (Å²) in [5.41, 5.74) is 4.70. The fraction of sp³-hybridized carbons (Fsp3) is 0.444. The van der Waals surface area contributed by atoms with E-state index in [1.807, 2.05) is 31.2 Å². The van der Waals surface area contributed by atoms with Crippen LogP contribution >= 0.6 is 0 Å². The number of nitrogens with one attached hydrogen (secondary N) is 1. The van der Waals surface area contributed by atoms with Crippen LogP contribution in [0, 0.1) is 17.8 Å². The molecule has 2 fully saturated rings. The number of hydrogen-bond donors (Lipinski definition) is 2. The Balaban J connectivity index is 1.08. The molecule has 1 saturated heterocycles. The van der Waals surface area contributed by atoms with Crippen molar-refractivity contribution in [1.29, 1.82) is 0 Å². The van der Waals surface area contributed by atoms with Crippen molar-refractivity contribution in [2.45, 2.75) is 38.1 Å². The standard InChI is InChI=1S/C27H30N2O5/c1-16(10-11-24(30)29-13-12-21-22(14-29)25(21)26(31)32)28-27(33)34-15-23-19-8-4-2-6-17(19)18-7-3-5-9-20(18)23/h2-9,16,21-23,25H,10-15H2,1H3,(H,28,33)(H,31,32)/t16?,21-,22+,25?/m1/s1. The molecule has 5 rings (SSSR count). The number of ether oxygens (including phenoxy) is 1. The first-order chi connectivity index (χ1) is 16.4. The molecule has 0 aromatic heterocycles. The molecule has 0 bridgehead atoms. The molecular formula is C27H30N2O5. The van der Waals surface area contributed by atoms with Crippen LogP contribution in [0.3, 0.4) is 0 Å². The van der Waals surface area contributed by atoms with Gasteiger partial charge in [-0.25, -0.2) is 4.79 Å². The van der Waals surface area contributed by atoms with Crippen molar-refractivity contribution in [2.75, 3.05) is 19.7 Å². The van der Waals surface area contributed by atoms with E-state index in [4.69, 9.17) is 4.74 Å². The van der Waals surface area contributed by atoms with Crippen LogP contribution < -0.4 is 5.32 Å². The minimum Gasteiger partial charge on any atom is -0.481 e. The van der Waals surface area contributed by atoms with Gasteiger partial charge >= 0.3 is 12.1 Å². The minimum absolute atomic E-state index is 0.00927. The number of alkyl carbamates (subject to hydrolysis) is 1. The lowest BCUT2D eigenvalue weighted by Crippen LogP contribution is -2.39. The third kappa shape index (κ3) is 4.27. The first-order valence-corrected chi connectivity index (χ1v) is 12.1. The van der Waals surface area contributed by atoms with Crippen LogP contribution in [0.1, 0.15) is 43.2 Å². The van der Waals surface area contributed by atoms with Crippen molar-refractivity contribution >= 4 is 18.0 Å². The third-order valence-corrected chi connectivity index (χ3v) is 7.63. The monoisotopic (exact) mass is 462 g/mol. The van der Waals surface area contributed by atoms with Crippen molar-refractivity contribution in [1.82, 2.24) is 10.2 Å². The normalized spacial score (nSPS) is 23.3. The Morgan fingerprint density at radius 2 is 1.71 bits per heavy atom. The number of likely N-dealkylation sites (tertiary alicyclic amines) is 1. The van der Waals surface area contributed by atoms with Gasteiger partial charge in [0.15, 0.2) is 0 Å². The number of fused-ring (bicyclic) bond motifs is 4. The molecule has 1 saturated carbocycles. The second kappa shape index (κ2) is 9.12. The smallest absolute Gasteiger partial charge is 0.407 e. The summed E-state index contributed by atoms with van der Waals surface area (Å²) >= 11 is 0. The molecular weight excluding hydrogens is 432 g/mol. The molecule has 34 heavy (non-hydrogen) atoms. The van der Waals surface area contributed by atoms with Gasteiger partial charge in [0.25, 0.3) is 0 Å². The maximum atomic E-state index is 12.6. The van der Waals surface area contributed by atoms with Gasteiger partial charge in [-0.15, -0.1) is 0 Å². The maximum absolute atomic E-state index is 12.6. The van der Waals surface area contributed by atoms with Crippen LogP contribution in [-0.2, 0) is 14.3 Å². The highest BCUT2D eigenvalue weighted by Gasteiger charge is 2.57. The first-order valence-electron chi connectivity index (χ1n) is 12.1. The highest BCUT2D eigenvalue weighted by molar-refractivity contribution is 5.79. The SMILES string of the molecule is CC(CCC(=O)N1CC[C@H]2C(C(=O)O)[C@H]2C1)NC(=O)OCC1c2ccccc2-c2ccccc21. The molecule has 2 N–H and O–H groups in total. The molecule has 4 atom stereocenters. The Kier molecular flexibility index (Phi) is 6.02. The van der Waals surface area contributed by atoms with E-state index in [0.29, 0.717) is 25.9 Å². The lowest BCUT2D eigenvalue weighted by molar-refractivity contribution is -0.139. The van der Waals surface area contributed by atoms with Crippen molar-refractivity contribution in [2.24, 2.45) is 17.8 Å². The van der Waals surface area contributed by atoms with E-state index in [1.165, 1.54) is 22.3 Å². The van der Waals surface area contributed by atoms with Gasteiger partial charge in [-0.1, -0.05) is 48.5 Å². The molecule has 1 aliphatic heterocycles. The maximum Gasteiger partial charge on any atom is 0.407 e. The van der Waals surface area contributed by atoms with Crippen LogP contribution in [0.2, 0.25) is 0 Å². The van der Waals surface area contributed by atoms with Gasteiger partial charge in [-0.3, -0.25) is 9.59 Å². The molecule has 1 heterocycles. The van der Waals surface area contributed by atoms with Crippen molar-refractivity contribution < 1.29 is 24.2 Å². The zero-order valence-corrected chi connectivity index (χ0v) is 19.3.